The average molecular weight is 245 g/mol. The summed E-state index contributed by atoms with van der Waals surface area (Å²) in [4.78, 5) is 0. The number of nitrogens with one attached hydrogen (secondary N) is 1. The molecule has 1 aromatic rings. The number of hydrogen-bond acceptors (Lipinski definition) is 2. The predicted octanol–water partition coefficient (Wildman–Crippen LogP) is 2.35. The Kier molecular flexibility index (Phi) is 5.72. The Morgan fingerprint density at radius 3 is 2.59 bits per heavy atom. The molecule has 0 bridgehead atoms. The summed E-state index contributed by atoms with van der Waals surface area (Å²) in [5.74, 6) is -3.02. The Balaban J connectivity index is 2.51. The molecule has 0 aromatic heterocycles. The predicted molar refractivity (Wildman–Crippen MR) is 60.1 cm³/mol. The van der Waals surface area contributed by atoms with E-state index in [4.69, 9.17) is 4.74 Å². The quantitative estimate of drug-likeness (QED) is 0.613. The van der Waals surface area contributed by atoms with Crippen LogP contribution in [-0.4, -0.2) is 26.8 Å². The van der Waals surface area contributed by atoms with Gasteiger partial charge in [0.1, 0.15) is 5.82 Å². The highest BCUT2D eigenvalue weighted by molar-refractivity contribution is 5.50. The summed E-state index contributed by atoms with van der Waals surface area (Å²) in [6.45, 7) is 1.75. The molecule has 0 unspecified atom stereocenters. The van der Waals surface area contributed by atoms with Gasteiger partial charge >= 0.3 is 0 Å². The third-order valence-electron chi connectivity index (χ3n) is 2.08. The zero-order chi connectivity index (χ0) is 12.7. The van der Waals surface area contributed by atoms with Gasteiger partial charge in [-0.15, -0.1) is 0 Å². The van der Waals surface area contributed by atoms with Crippen LogP contribution >= 0.6 is 0 Å². The molecular formula is C12H14F3NO. The third kappa shape index (κ3) is 4.58. The van der Waals surface area contributed by atoms with E-state index in [2.05, 4.69) is 5.32 Å². The van der Waals surface area contributed by atoms with Gasteiger partial charge in [0.15, 0.2) is 11.6 Å². The first-order valence-electron chi connectivity index (χ1n) is 5.16. The molecule has 0 saturated heterocycles. The standard InChI is InChI=1S/C12H14F3NO/c1-17-6-5-16-4-2-3-9-7-11(14)12(15)8-10(9)13/h2-3,7-8,16H,4-6H2,1H3/b3-2+. The van der Waals surface area contributed by atoms with Crippen LogP contribution in [0.5, 0.6) is 0 Å². The number of hydrogen-bond donors (Lipinski definition) is 1. The second-order valence-electron chi connectivity index (χ2n) is 3.39. The van der Waals surface area contributed by atoms with Crippen LogP contribution in [0.2, 0.25) is 0 Å². The van der Waals surface area contributed by atoms with Crippen molar-refractivity contribution in [1.82, 2.24) is 5.32 Å². The number of halogens is 3. The molecule has 0 atom stereocenters. The van der Waals surface area contributed by atoms with Gasteiger partial charge in [0.2, 0.25) is 0 Å². The molecule has 1 rings (SSSR count). The number of methoxy groups -OCH3 is 1. The van der Waals surface area contributed by atoms with Gasteiger partial charge in [-0.1, -0.05) is 12.2 Å². The van der Waals surface area contributed by atoms with Crippen molar-refractivity contribution in [2.24, 2.45) is 0 Å². The molecule has 1 N–H and O–H groups in total. The van der Waals surface area contributed by atoms with E-state index < -0.39 is 17.5 Å². The van der Waals surface area contributed by atoms with Crippen molar-refractivity contribution in [2.75, 3.05) is 26.8 Å². The van der Waals surface area contributed by atoms with Gasteiger partial charge in [-0.25, -0.2) is 13.2 Å². The summed E-state index contributed by atoms with van der Waals surface area (Å²) in [7, 11) is 1.59. The van der Waals surface area contributed by atoms with Crippen LogP contribution < -0.4 is 5.32 Å². The molecule has 94 valence electrons. The fraction of sp³-hybridized carbons (Fsp3) is 0.333. The molecule has 0 radical (unpaired) electrons. The first-order valence-corrected chi connectivity index (χ1v) is 5.16. The number of ether oxygens (including phenoxy) is 1. The molecule has 1 aromatic carbocycles. The number of benzene rings is 1. The topological polar surface area (TPSA) is 21.3 Å². The maximum absolute atomic E-state index is 13.2. The van der Waals surface area contributed by atoms with Crippen molar-refractivity contribution >= 4 is 6.08 Å². The minimum Gasteiger partial charge on any atom is -0.383 e. The summed E-state index contributed by atoms with van der Waals surface area (Å²) in [6.07, 6.45) is 3.03. The summed E-state index contributed by atoms with van der Waals surface area (Å²) < 4.78 is 43.4. The average Bonchev–Trinajstić information content (AvgIpc) is 2.30. The SMILES string of the molecule is COCCNC/C=C/c1cc(F)c(F)cc1F. The van der Waals surface area contributed by atoms with E-state index in [0.29, 0.717) is 25.8 Å². The Labute approximate surface area is 98.1 Å². The lowest BCUT2D eigenvalue weighted by Gasteiger charge is -2.00. The minimum atomic E-state index is -1.18. The van der Waals surface area contributed by atoms with E-state index in [9.17, 15) is 13.2 Å². The Hall–Kier alpha value is -1.33. The zero-order valence-corrected chi connectivity index (χ0v) is 9.47. The van der Waals surface area contributed by atoms with Gasteiger partial charge < -0.3 is 10.1 Å². The summed E-state index contributed by atoms with van der Waals surface area (Å²) in [5.41, 5.74) is 0.0254. The van der Waals surface area contributed by atoms with Gasteiger partial charge in [0.25, 0.3) is 0 Å². The molecule has 0 saturated carbocycles. The first kappa shape index (κ1) is 13.7. The molecule has 2 nitrogen and oxygen atoms in total. The molecule has 0 spiro atoms. The van der Waals surface area contributed by atoms with Crippen molar-refractivity contribution in [3.8, 4) is 0 Å². The molecule has 0 aliphatic rings. The molecule has 5 heteroatoms. The Morgan fingerprint density at radius 1 is 1.18 bits per heavy atom. The lowest BCUT2D eigenvalue weighted by Crippen LogP contribution is -2.18. The summed E-state index contributed by atoms with van der Waals surface area (Å²) >= 11 is 0. The van der Waals surface area contributed by atoms with E-state index in [0.717, 1.165) is 6.07 Å². The molecule has 0 aliphatic heterocycles. The first-order chi connectivity index (χ1) is 8.15. The molecule has 0 aliphatic carbocycles. The molecular weight excluding hydrogens is 231 g/mol. The van der Waals surface area contributed by atoms with E-state index in [1.807, 2.05) is 0 Å². The van der Waals surface area contributed by atoms with E-state index in [1.165, 1.54) is 6.08 Å². The van der Waals surface area contributed by atoms with Gasteiger partial charge in [0.05, 0.1) is 6.61 Å². The molecule has 0 heterocycles. The Bertz CT molecular complexity index is 394. The highest BCUT2D eigenvalue weighted by atomic mass is 19.2. The van der Waals surface area contributed by atoms with Crippen molar-refractivity contribution in [3.63, 3.8) is 0 Å². The maximum atomic E-state index is 13.2. The lowest BCUT2D eigenvalue weighted by molar-refractivity contribution is 0.200. The third-order valence-corrected chi connectivity index (χ3v) is 2.08. The van der Waals surface area contributed by atoms with Crippen molar-refractivity contribution < 1.29 is 17.9 Å². The van der Waals surface area contributed by atoms with Gasteiger partial charge in [0, 0.05) is 31.8 Å². The van der Waals surface area contributed by atoms with Crippen LogP contribution in [0.25, 0.3) is 6.08 Å². The van der Waals surface area contributed by atoms with Crippen molar-refractivity contribution in [1.29, 1.82) is 0 Å². The zero-order valence-electron chi connectivity index (χ0n) is 9.47. The smallest absolute Gasteiger partial charge is 0.161 e. The van der Waals surface area contributed by atoms with Gasteiger partial charge in [-0.3, -0.25) is 0 Å². The van der Waals surface area contributed by atoms with Gasteiger partial charge in [-0.05, 0) is 6.07 Å². The molecule has 17 heavy (non-hydrogen) atoms. The second kappa shape index (κ2) is 7.09. The molecule has 0 fully saturated rings. The van der Waals surface area contributed by atoms with Crippen LogP contribution in [0.4, 0.5) is 13.2 Å². The van der Waals surface area contributed by atoms with Crippen LogP contribution in [0.3, 0.4) is 0 Å². The minimum absolute atomic E-state index is 0.0254. The van der Waals surface area contributed by atoms with Crippen LogP contribution in [-0.2, 0) is 4.74 Å². The summed E-state index contributed by atoms with van der Waals surface area (Å²) in [6, 6.07) is 1.36. The van der Waals surface area contributed by atoms with Crippen LogP contribution in [0, 0.1) is 17.5 Å². The van der Waals surface area contributed by atoms with Crippen molar-refractivity contribution in [2.45, 2.75) is 0 Å². The Morgan fingerprint density at radius 2 is 1.88 bits per heavy atom. The monoisotopic (exact) mass is 245 g/mol. The van der Waals surface area contributed by atoms with Gasteiger partial charge in [-0.2, -0.15) is 0 Å². The van der Waals surface area contributed by atoms with Crippen LogP contribution in [0.15, 0.2) is 18.2 Å². The fourth-order valence-corrected chi connectivity index (χ4v) is 1.21. The highest BCUT2D eigenvalue weighted by Crippen LogP contribution is 2.14. The van der Waals surface area contributed by atoms with E-state index in [-0.39, 0.29) is 5.56 Å². The van der Waals surface area contributed by atoms with E-state index >= 15 is 0 Å². The molecule has 0 amide bonds. The normalized spacial score (nSPS) is 11.3. The number of rotatable bonds is 6. The van der Waals surface area contributed by atoms with Crippen molar-refractivity contribution in [3.05, 3.63) is 41.2 Å². The lowest BCUT2D eigenvalue weighted by atomic mass is 10.2. The van der Waals surface area contributed by atoms with E-state index in [1.54, 1.807) is 13.2 Å². The fourth-order valence-electron chi connectivity index (χ4n) is 1.21. The largest absolute Gasteiger partial charge is 0.383 e. The highest BCUT2D eigenvalue weighted by Gasteiger charge is 2.06. The summed E-state index contributed by atoms with van der Waals surface area (Å²) in [5, 5.41) is 3.00. The maximum Gasteiger partial charge on any atom is 0.161 e. The van der Waals surface area contributed by atoms with Crippen LogP contribution in [0.1, 0.15) is 5.56 Å². The second-order valence-corrected chi connectivity index (χ2v) is 3.39.